The van der Waals surface area contributed by atoms with Crippen molar-refractivity contribution in [1.29, 1.82) is 0 Å². The lowest BCUT2D eigenvalue weighted by molar-refractivity contribution is -0.225. The number of aromatic carboxylic acids is 1. The predicted molar refractivity (Wildman–Crippen MR) is 130 cm³/mol. The van der Waals surface area contributed by atoms with Gasteiger partial charge in [0.15, 0.2) is 0 Å². The number of rotatable bonds is 13. The Morgan fingerprint density at radius 1 is 1.06 bits per heavy atom. The zero-order chi connectivity index (χ0) is 24.6. The van der Waals surface area contributed by atoms with Gasteiger partial charge in [0.2, 0.25) is 11.6 Å². The number of benzene rings is 1. The highest BCUT2D eigenvalue weighted by atomic mass is 16.7. The molecule has 0 spiro atoms. The summed E-state index contributed by atoms with van der Waals surface area (Å²) < 4.78 is 13.4. The molecule has 0 amide bonds. The number of carbonyl (C=O) groups is 1. The van der Waals surface area contributed by atoms with Gasteiger partial charge in [0, 0.05) is 45.4 Å². The molecule has 0 aliphatic heterocycles. The molecule has 0 fully saturated rings. The summed E-state index contributed by atoms with van der Waals surface area (Å²) in [6, 6.07) is 10.9. The van der Waals surface area contributed by atoms with Gasteiger partial charge in [-0.15, -0.1) is 0 Å². The molecule has 0 saturated heterocycles. The number of pyridine rings is 1. The van der Waals surface area contributed by atoms with Gasteiger partial charge in [0.1, 0.15) is 5.82 Å². The van der Waals surface area contributed by atoms with Crippen LogP contribution in [0.25, 0.3) is 11.3 Å². The SMILES string of the molecule is CCCCCn1nc(C(CCC)(OC)OC)nc1Cc1ccc(-c2ncccc2C(=O)O)cc1. The number of hydrogen-bond acceptors (Lipinski definition) is 6. The third-order valence-corrected chi connectivity index (χ3v) is 5.93. The number of nitrogens with zero attached hydrogens (tertiary/aromatic N) is 4. The molecule has 182 valence electrons. The molecule has 0 atom stereocenters. The van der Waals surface area contributed by atoms with Gasteiger partial charge in [-0.05, 0) is 24.1 Å². The van der Waals surface area contributed by atoms with Crippen molar-refractivity contribution in [3.63, 3.8) is 0 Å². The van der Waals surface area contributed by atoms with Crippen molar-refractivity contribution < 1.29 is 19.4 Å². The summed E-state index contributed by atoms with van der Waals surface area (Å²) in [4.78, 5) is 20.7. The highest BCUT2D eigenvalue weighted by molar-refractivity contribution is 5.94. The van der Waals surface area contributed by atoms with E-state index in [0.29, 0.717) is 24.4 Å². The standard InChI is InChI=1S/C26H34N4O4/c1-5-7-8-17-30-22(28-25(29-30)26(33-3,34-4)15-6-2)18-19-11-13-20(14-12-19)23-21(24(31)32)10-9-16-27-23/h9-14,16H,5-8,15,17-18H2,1-4H3,(H,31,32). The molecule has 0 saturated carbocycles. The van der Waals surface area contributed by atoms with E-state index in [9.17, 15) is 9.90 Å². The normalized spacial score (nSPS) is 11.6. The second kappa shape index (κ2) is 11.9. The molecule has 3 aromatic rings. The van der Waals surface area contributed by atoms with Crippen molar-refractivity contribution in [2.75, 3.05) is 14.2 Å². The molecule has 0 aliphatic rings. The van der Waals surface area contributed by atoms with E-state index in [4.69, 9.17) is 19.6 Å². The summed E-state index contributed by atoms with van der Waals surface area (Å²) in [6.07, 6.45) is 6.97. The average molecular weight is 467 g/mol. The second-order valence-corrected chi connectivity index (χ2v) is 8.27. The van der Waals surface area contributed by atoms with Crippen molar-refractivity contribution in [1.82, 2.24) is 19.7 Å². The van der Waals surface area contributed by atoms with Crippen LogP contribution in [-0.4, -0.2) is 45.0 Å². The Hall–Kier alpha value is -3.10. The van der Waals surface area contributed by atoms with Gasteiger partial charge < -0.3 is 14.6 Å². The van der Waals surface area contributed by atoms with Gasteiger partial charge in [-0.3, -0.25) is 4.98 Å². The maximum Gasteiger partial charge on any atom is 0.337 e. The zero-order valence-electron chi connectivity index (χ0n) is 20.5. The second-order valence-electron chi connectivity index (χ2n) is 8.27. The first-order chi connectivity index (χ1) is 16.5. The van der Waals surface area contributed by atoms with Crippen LogP contribution in [-0.2, 0) is 28.2 Å². The van der Waals surface area contributed by atoms with Gasteiger partial charge in [-0.25, -0.2) is 14.5 Å². The lowest BCUT2D eigenvalue weighted by atomic mass is 10.0. The molecule has 0 radical (unpaired) electrons. The Bertz CT molecular complexity index is 1070. The lowest BCUT2D eigenvalue weighted by Crippen LogP contribution is -2.32. The Labute approximate surface area is 201 Å². The van der Waals surface area contributed by atoms with E-state index in [0.717, 1.165) is 49.2 Å². The number of ether oxygens (including phenoxy) is 2. The smallest absolute Gasteiger partial charge is 0.337 e. The number of carboxylic acid groups (broad SMARTS) is 1. The number of methoxy groups -OCH3 is 2. The minimum Gasteiger partial charge on any atom is -0.478 e. The van der Waals surface area contributed by atoms with Gasteiger partial charge in [0.05, 0.1) is 11.3 Å². The largest absolute Gasteiger partial charge is 0.478 e. The van der Waals surface area contributed by atoms with Gasteiger partial charge in [-0.2, -0.15) is 5.10 Å². The van der Waals surface area contributed by atoms with Crippen molar-refractivity contribution in [2.45, 2.75) is 64.7 Å². The van der Waals surface area contributed by atoms with E-state index in [2.05, 4.69) is 18.8 Å². The molecule has 0 bridgehead atoms. The third-order valence-electron chi connectivity index (χ3n) is 5.93. The molecular formula is C26H34N4O4. The maximum atomic E-state index is 11.5. The molecule has 1 N–H and O–H groups in total. The van der Waals surface area contributed by atoms with E-state index in [1.165, 1.54) is 0 Å². The molecule has 2 aromatic heterocycles. The Kier molecular flexibility index (Phi) is 8.90. The number of aromatic nitrogens is 4. The van der Waals surface area contributed by atoms with Crippen LogP contribution in [0.15, 0.2) is 42.6 Å². The van der Waals surface area contributed by atoms with Crippen molar-refractivity contribution >= 4 is 5.97 Å². The average Bonchev–Trinajstić information content (AvgIpc) is 3.26. The van der Waals surface area contributed by atoms with Gasteiger partial charge in [-0.1, -0.05) is 57.4 Å². The van der Waals surface area contributed by atoms with Crippen molar-refractivity contribution in [2.24, 2.45) is 0 Å². The van der Waals surface area contributed by atoms with Crippen LogP contribution >= 0.6 is 0 Å². The summed E-state index contributed by atoms with van der Waals surface area (Å²) in [5.74, 6) is -0.568. The Balaban J connectivity index is 1.90. The van der Waals surface area contributed by atoms with Crippen LogP contribution in [0.4, 0.5) is 0 Å². The first kappa shape index (κ1) is 25.5. The van der Waals surface area contributed by atoms with Gasteiger partial charge in [0.25, 0.3) is 0 Å². The van der Waals surface area contributed by atoms with Crippen LogP contribution in [0.1, 0.15) is 73.5 Å². The predicted octanol–water partition coefficient (Wildman–Crippen LogP) is 5.07. The van der Waals surface area contributed by atoms with Crippen molar-refractivity contribution in [3.8, 4) is 11.3 Å². The Morgan fingerprint density at radius 2 is 1.79 bits per heavy atom. The fourth-order valence-electron chi connectivity index (χ4n) is 4.04. The minimum atomic E-state index is -0.994. The summed E-state index contributed by atoms with van der Waals surface area (Å²) >= 11 is 0. The maximum absolute atomic E-state index is 11.5. The first-order valence-corrected chi connectivity index (χ1v) is 11.8. The monoisotopic (exact) mass is 466 g/mol. The molecule has 34 heavy (non-hydrogen) atoms. The van der Waals surface area contributed by atoms with E-state index in [-0.39, 0.29) is 5.56 Å². The minimum absolute atomic E-state index is 0.182. The fourth-order valence-corrected chi connectivity index (χ4v) is 4.04. The summed E-state index contributed by atoms with van der Waals surface area (Å²) in [6.45, 7) is 5.03. The number of aryl methyl sites for hydroxylation is 1. The van der Waals surface area contributed by atoms with Crippen LogP contribution in [0.5, 0.6) is 0 Å². The number of carboxylic acids is 1. The molecule has 0 unspecified atom stereocenters. The molecular weight excluding hydrogens is 432 g/mol. The summed E-state index contributed by atoms with van der Waals surface area (Å²) in [7, 11) is 3.25. The summed E-state index contributed by atoms with van der Waals surface area (Å²) in [5, 5.41) is 14.3. The van der Waals surface area contributed by atoms with Crippen LogP contribution in [0.2, 0.25) is 0 Å². The van der Waals surface area contributed by atoms with E-state index in [1.807, 2.05) is 28.9 Å². The lowest BCUT2D eigenvalue weighted by Gasteiger charge is -2.27. The summed E-state index contributed by atoms with van der Waals surface area (Å²) in [5.41, 5.74) is 2.44. The Morgan fingerprint density at radius 3 is 2.41 bits per heavy atom. The molecule has 8 nitrogen and oxygen atoms in total. The van der Waals surface area contributed by atoms with Crippen LogP contribution in [0, 0.1) is 0 Å². The number of unbranched alkanes of at least 4 members (excludes halogenated alkanes) is 2. The number of hydrogen-bond donors (Lipinski definition) is 1. The molecule has 8 heteroatoms. The van der Waals surface area contributed by atoms with Gasteiger partial charge >= 0.3 is 5.97 Å². The van der Waals surface area contributed by atoms with Crippen LogP contribution in [0.3, 0.4) is 0 Å². The highest BCUT2D eigenvalue weighted by Crippen LogP contribution is 2.30. The van der Waals surface area contributed by atoms with E-state index in [1.54, 1.807) is 32.5 Å². The van der Waals surface area contributed by atoms with Crippen LogP contribution < -0.4 is 0 Å². The molecule has 2 heterocycles. The molecule has 1 aromatic carbocycles. The van der Waals surface area contributed by atoms with Crippen molar-refractivity contribution in [3.05, 3.63) is 65.4 Å². The third kappa shape index (κ3) is 5.69. The highest BCUT2D eigenvalue weighted by Gasteiger charge is 2.36. The van der Waals surface area contributed by atoms with E-state index >= 15 is 0 Å². The first-order valence-electron chi connectivity index (χ1n) is 11.8. The topological polar surface area (TPSA) is 99.4 Å². The molecule has 3 rings (SSSR count). The molecule has 0 aliphatic carbocycles. The quantitative estimate of drug-likeness (QED) is 0.277. The zero-order valence-corrected chi connectivity index (χ0v) is 20.5. The van der Waals surface area contributed by atoms with E-state index < -0.39 is 11.8 Å². The fraction of sp³-hybridized carbons (Fsp3) is 0.462.